The number of hydrogen-bond acceptors (Lipinski definition) is 4. The van der Waals surface area contributed by atoms with E-state index in [2.05, 4.69) is 32.8 Å². The van der Waals surface area contributed by atoms with Gasteiger partial charge in [0, 0.05) is 24.1 Å². The number of nitrogens with zero attached hydrogens (tertiary/aromatic N) is 1. The van der Waals surface area contributed by atoms with Crippen LogP contribution in [0.3, 0.4) is 0 Å². The number of carbonyl (C=O) groups excluding carboxylic acids is 2. The number of nitrogens with one attached hydrogen (secondary N) is 4. The lowest BCUT2D eigenvalue weighted by Crippen LogP contribution is -2.36. The molecule has 196 valence electrons. The van der Waals surface area contributed by atoms with E-state index in [1.807, 2.05) is 36.4 Å². The Morgan fingerprint density at radius 3 is 2.59 bits per heavy atom. The van der Waals surface area contributed by atoms with Crippen molar-refractivity contribution in [3.63, 3.8) is 0 Å². The Hall–Kier alpha value is -3.06. The fourth-order valence-corrected chi connectivity index (χ4v) is 5.79. The summed E-state index contributed by atoms with van der Waals surface area (Å²) in [6.07, 6.45) is 10.4. The first-order valence-corrected chi connectivity index (χ1v) is 13.9. The van der Waals surface area contributed by atoms with Crippen molar-refractivity contribution in [2.75, 3.05) is 11.9 Å². The summed E-state index contributed by atoms with van der Waals surface area (Å²) in [7, 11) is 0. The highest BCUT2D eigenvalue weighted by Gasteiger charge is 2.35. The van der Waals surface area contributed by atoms with E-state index in [0.29, 0.717) is 34.7 Å². The van der Waals surface area contributed by atoms with E-state index in [4.69, 9.17) is 11.6 Å². The lowest BCUT2D eigenvalue weighted by molar-refractivity contribution is -0.130. The standard InChI is InChI=1S/C29H36ClN5O2/c1-29(13-5-6-14-29)27(37)32-18-20-9-11-22(30)24(15-20)34-28-33-23-12-10-21(16-25(23)35-28)26(36)31-17-19-7-3-2-4-8-19/h9-12,15-16,19H,2-8,13-14,17-18H2,1H3,(H,31,36)(H,32,37)(H2,33,34,35). The van der Waals surface area contributed by atoms with Crippen LogP contribution < -0.4 is 16.0 Å². The van der Waals surface area contributed by atoms with Crippen molar-refractivity contribution in [1.82, 2.24) is 20.6 Å². The number of rotatable bonds is 8. The summed E-state index contributed by atoms with van der Waals surface area (Å²) in [5.74, 6) is 1.19. The van der Waals surface area contributed by atoms with E-state index >= 15 is 0 Å². The molecule has 2 aliphatic rings. The molecule has 8 heteroatoms. The maximum atomic E-state index is 12.7. The van der Waals surface area contributed by atoms with Gasteiger partial charge in [-0.3, -0.25) is 9.59 Å². The van der Waals surface area contributed by atoms with Gasteiger partial charge in [-0.25, -0.2) is 4.98 Å². The molecule has 1 heterocycles. The molecule has 37 heavy (non-hydrogen) atoms. The quantitative estimate of drug-likeness (QED) is 0.273. The van der Waals surface area contributed by atoms with E-state index < -0.39 is 0 Å². The summed E-state index contributed by atoms with van der Waals surface area (Å²) >= 11 is 6.45. The van der Waals surface area contributed by atoms with Crippen LogP contribution in [0.25, 0.3) is 11.0 Å². The van der Waals surface area contributed by atoms with Crippen LogP contribution in [0.15, 0.2) is 36.4 Å². The highest BCUT2D eigenvalue weighted by molar-refractivity contribution is 6.33. The molecule has 2 aliphatic carbocycles. The third kappa shape index (κ3) is 6.09. The number of anilines is 2. The van der Waals surface area contributed by atoms with Crippen LogP contribution in [0.2, 0.25) is 5.02 Å². The molecule has 0 bridgehead atoms. The molecule has 0 saturated heterocycles. The van der Waals surface area contributed by atoms with Crippen molar-refractivity contribution in [1.29, 1.82) is 0 Å². The fourth-order valence-electron chi connectivity index (χ4n) is 5.62. The first-order valence-electron chi connectivity index (χ1n) is 13.5. The predicted octanol–water partition coefficient (Wildman–Crippen LogP) is 6.47. The third-order valence-electron chi connectivity index (χ3n) is 8.01. The van der Waals surface area contributed by atoms with E-state index in [-0.39, 0.29) is 17.2 Å². The van der Waals surface area contributed by atoms with Gasteiger partial charge >= 0.3 is 0 Å². The van der Waals surface area contributed by atoms with Crippen LogP contribution in [0.4, 0.5) is 11.6 Å². The highest BCUT2D eigenvalue weighted by atomic mass is 35.5. The molecular weight excluding hydrogens is 486 g/mol. The SMILES string of the molecule is CC1(C(=O)NCc2ccc(Cl)c(Nc3nc4ccc(C(=O)NCC5CCCCC5)cc4[nH]3)c2)CCCC1. The molecule has 2 fully saturated rings. The lowest BCUT2D eigenvalue weighted by atomic mass is 9.88. The average molecular weight is 522 g/mol. The van der Waals surface area contributed by atoms with Crippen LogP contribution in [-0.2, 0) is 11.3 Å². The molecule has 0 spiro atoms. The van der Waals surface area contributed by atoms with Crippen LogP contribution in [0, 0.1) is 11.3 Å². The number of carbonyl (C=O) groups is 2. The first-order chi connectivity index (χ1) is 17.9. The number of fused-ring (bicyclic) bond motifs is 1. The Labute approximate surface area is 223 Å². The summed E-state index contributed by atoms with van der Waals surface area (Å²) in [6, 6.07) is 11.2. The van der Waals surface area contributed by atoms with Gasteiger partial charge in [0.1, 0.15) is 0 Å². The molecule has 3 aromatic rings. The number of H-pyrrole nitrogens is 1. The molecule has 2 saturated carbocycles. The Bertz CT molecular complexity index is 1270. The van der Waals surface area contributed by atoms with Crippen LogP contribution in [0.5, 0.6) is 0 Å². The van der Waals surface area contributed by atoms with Gasteiger partial charge in [0.25, 0.3) is 5.91 Å². The summed E-state index contributed by atoms with van der Waals surface area (Å²) < 4.78 is 0. The van der Waals surface area contributed by atoms with E-state index in [1.54, 1.807) is 0 Å². The Morgan fingerprint density at radius 2 is 1.81 bits per heavy atom. The van der Waals surface area contributed by atoms with Gasteiger partial charge in [0.05, 0.1) is 21.7 Å². The molecule has 7 nitrogen and oxygen atoms in total. The van der Waals surface area contributed by atoms with Gasteiger partial charge in [0.2, 0.25) is 11.9 Å². The Morgan fingerprint density at radius 1 is 1.03 bits per heavy atom. The molecular formula is C29H36ClN5O2. The van der Waals surface area contributed by atoms with Crippen molar-refractivity contribution in [2.45, 2.75) is 71.3 Å². The first kappa shape index (κ1) is 25.6. The second-order valence-corrected chi connectivity index (χ2v) is 11.3. The maximum absolute atomic E-state index is 12.7. The van der Waals surface area contributed by atoms with Gasteiger partial charge in [0.15, 0.2) is 0 Å². The fraction of sp³-hybridized carbons (Fsp3) is 0.483. The largest absolute Gasteiger partial charge is 0.352 e. The van der Waals surface area contributed by atoms with Crippen LogP contribution in [0.1, 0.15) is 80.6 Å². The number of hydrogen-bond donors (Lipinski definition) is 4. The van der Waals surface area contributed by atoms with Gasteiger partial charge in [-0.05, 0) is 67.5 Å². The number of halogens is 1. The van der Waals surface area contributed by atoms with Gasteiger partial charge in [-0.2, -0.15) is 0 Å². The second-order valence-electron chi connectivity index (χ2n) is 10.9. The number of aromatic amines is 1. The predicted molar refractivity (Wildman–Crippen MR) is 148 cm³/mol. The Kier molecular flexibility index (Phi) is 7.70. The summed E-state index contributed by atoms with van der Waals surface area (Å²) in [4.78, 5) is 33.3. The summed E-state index contributed by atoms with van der Waals surface area (Å²) in [5, 5.41) is 10.0. The number of amides is 2. The zero-order chi connectivity index (χ0) is 25.8. The topological polar surface area (TPSA) is 98.9 Å². The van der Waals surface area contributed by atoms with Crippen molar-refractivity contribution >= 4 is 46.1 Å². The number of imidazole rings is 1. The molecule has 0 atom stereocenters. The smallest absolute Gasteiger partial charge is 0.251 e. The van der Waals surface area contributed by atoms with Crippen LogP contribution in [-0.4, -0.2) is 28.3 Å². The normalized spacial score (nSPS) is 17.6. The minimum Gasteiger partial charge on any atom is -0.352 e. The Balaban J connectivity index is 1.22. The average Bonchev–Trinajstić information content (AvgIpc) is 3.54. The second kappa shape index (κ2) is 11.1. The number of aromatic nitrogens is 2. The van der Waals surface area contributed by atoms with Crippen molar-refractivity contribution in [2.24, 2.45) is 11.3 Å². The zero-order valence-corrected chi connectivity index (χ0v) is 22.2. The van der Waals surface area contributed by atoms with Crippen molar-refractivity contribution < 1.29 is 9.59 Å². The van der Waals surface area contributed by atoms with Crippen molar-refractivity contribution in [3.8, 4) is 0 Å². The minimum atomic E-state index is -0.257. The molecule has 0 radical (unpaired) electrons. The molecule has 0 aliphatic heterocycles. The minimum absolute atomic E-state index is 0.0548. The molecule has 5 rings (SSSR count). The molecule has 2 amide bonds. The molecule has 2 aromatic carbocycles. The summed E-state index contributed by atoms with van der Waals surface area (Å²) in [6.45, 7) is 3.23. The molecule has 1 aromatic heterocycles. The third-order valence-corrected chi connectivity index (χ3v) is 8.34. The number of benzene rings is 2. The van der Waals surface area contributed by atoms with Gasteiger partial charge < -0.3 is 20.9 Å². The maximum Gasteiger partial charge on any atom is 0.251 e. The molecule has 0 unspecified atom stereocenters. The summed E-state index contributed by atoms with van der Waals surface area (Å²) in [5.41, 5.74) is 3.55. The van der Waals surface area contributed by atoms with E-state index in [9.17, 15) is 9.59 Å². The van der Waals surface area contributed by atoms with Gasteiger partial charge in [-0.1, -0.05) is 56.7 Å². The van der Waals surface area contributed by atoms with Crippen molar-refractivity contribution in [3.05, 3.63) is 52.5 Å². The van der Waals surface area contributed by atoms with E-state index in [0.717, 1.165) is 48.8 Å². The van der Waals surface area contributed by atoms with Gasteiger partial charge in [-0.15, -0.1) is 0 Å². The lowest BCUT2D eigenvalue weighted by Gasteiger charge is -2.22. The van der Waals surface area contributed by atoms with Crippen LogP contribution >= 0.6 is 11.6 Å². The zero-order valence-electron chi connectivity index (χ0n) is 21.5. The highest BCUT2D eigenvalue weighted by Crippen LogP contribution is 2.37. The monoisotopic (exact) mass is 521 g/mol. The van der Waals surface area contributed by atoms with E-state index in [1.165, 1.54) is 32.1 Å². The molecule has 4 N–H and O–H groups in total.